The molecule has 2 aromatic heterocycles. The van der Waals surface area contributed by atoms with Gasteiger partial charge in [0.05, 0.1) is 22.4 Å². The van der Waals surface area contributed by atoms with E-state index in [9.17, 15) is 4.79 Å². The van der Waals surface area contributed by atoms with Crippen LogP contribution in [-0.4, -0.2) is 46.0 Å². The molecule has 0 bridgehead atoms. The average Bonchev–Trinajstić information content (AvgIpc) is 3.30. The van der Waals surface area contributed by atoms with Crippen LogP contribution in [0.25, 0.3) is 11.5 Å². The molecule has 0 saturated carbocycles. The highest BCUT2D eigenvalue weighted by Crippen LogP contribution is 2.20. The first-order valence-corrected chi connectivity index (χ1v) is 9.03. The lowest BCUT2D eigenvalue weighted by molar-refractivity contribution is -0.119. The van der Waals surface area contributed by atoms with E-state index < -0.39 is 0 Å². The number of carbonyl (C=O) groups excluding carboxylic acids is 1. The molecule has 8 heteroatoms. The first-order chi connectivity index (χ1) is 11.7. The number of hydrogen-bond donors (Lipinski definition) is 1. The minimum atomic E-state index is -0.00846. The monoisotopic (exact) mass is 348 g/mol. The van der Waals surface area contributed by atoms with Crippen molar-refractivity contribution >= 4 is 17.7 Å². The number of aryl methyl sites for hydroxylation is 1. The zero-order valence-corrected chi connectivity index (χ0v) is 14.3. The predicted molar refractivity (Wildman–Crippen MR) is 89.6 cm³/mol. The third kappa shape index (κ3) is 4.55. The summed E-state index contributed by atoms with van der Waals surface area (Å²) in [5, 5.41) is 7.54. The second-order valence-corrected chi connectivity index (χ2v) is 6.48. The third-order valence-corrected chi connectivity index (χ3v) is 4.61. The van der Waals surface area contributed by atoms with Crippen molar-refractivity contribution < 1.29 is 14.1 Å². The molecule has 3 heterocycles. The quantitative estimate of drug-likeness (QED) is 0.766. The van der Waals surface area contributed by atoms with Crippen LogP contribution in [-0.2, 0) is 16.0 Å². The van der Waals surface area contributed by atoms with Gasteiger partial charge in [-0.1, -0.05) is 23.8 Å². The lowest BCUT2D eigenvalue weighted by Crippen LogP contribution is -2.32. The van der Waals surface area contributed by atoms with Crippen molar-refractivity contribution in [3.8, 4) is 11.5 Å². The number of rotatable bonds is 7. The molecule has 0 unspecified atom stereocenters. The van der Waals surface area contributed by atoms with Gasteiger partial charge in [-0.3, -0.25) is 4.79 Å². The van der Waals surface area contributed by atoms with E-state index in [0.29, 0.717) is 24.0 Å². The van der Waals surface area contributed by atoms with Crippen LogP contribution < -0.4 is 5.32 Å². The topological polar surface area (TPSA) is 90.1 Å². The standard InChI is InChI=1S/C16H20N4O3S/c1-2-13-19-16(23-20-13)11-5-6-15(18-8-11)24-10-14(21)17-9-12-4-3-7-22-12/h5-6,8,12H,2-4,7,9-10H2,1H3,(H,17,21)/t12-/m0/s1. The Morgan fingerprint density at radius 1 is 1.46 bits per heavy atom. The lowest BCUT2D eigenvalue weighted by Gasteiger charge is -2.10. The maximum Gasteiger partial charge on any atom is 0.259 e. The third-order valence-electron chi connectivity index (χ3n) is 3.67. The fourth-order valence-electron chi connectivity index (χ4n) is 2.33. The fourth-order valence-corrected chi connectivity index (χ4v) is 3.00. The summed E-state index contributed by atoms with van der Waals surface area (Å²) >= 11 is 1.39. The molecule has 0 spiro atoms. The van der Waals surface area contributed by atoms with Crippen molar-refractivity contribution in [3.05, 3.63) is 24.2 Å². The number of aromatic nitrogens is 3. The Hall–Kier alpha value is -1.93. The predicted octanol–water partition coefficient (Wildman–Crippen LogP) is 2.08. The molecule has 3 rings (SSSR count). The maximum atomic E-state index is 11.8. The van der Waals surface area contributed by atoms with Crippen LogP contribution in [0, 0.1) is 0 Å². The van der Waals surface area contributed by atoms with Crippen molar-refractivity contribution in [1.29, 1.82) is 0 Å². The molecule has 2 aromatic rings. The Morgan fingerprint density at radius 2 is 2.38 bits per heavy atom. The Balaban J connectivity index is 1.46. The Bertz CT molecular complexity index is 668. The summed E-state index contributed by atoms with van der Waals surface area (Å²) < 4.78 is 10.7. The largest absolute Gasteiger partial charge is 0.376 e. The highest BCUT2D eigenvalue weighted by Gasteiger charge is 2.16. The van der Waals surface area contributed by atoms with E-state index in [2.05, 4.69) is 20.4 Å². The smallest absolute Gasteiger partial charge is 0.259 e. The number of thioether (sulfide) groups is 1. The number of nitrogens with zero attached hydrogens (tertiary/aromatic N) is 3. The molecule has 24 heavy (non-hydrogen) atoms. The summed E-state index contributed by atoms with van der Waals surface area (Å²) in [6, 6.07) is 3.72. The minimum absolute atomic E-state index is 0.00846. The first kappa shape index (κ1) is 16.9. The molecule has 1 saturated heterocycles. The molecule has 1 atom stereocenters. The number of nitrogens with one attached hydrogen (secondary N) is 1. The number of ether oxygens (including phenoxy) is 1. The zero-order chi connectivity index (χ0) is 16.8. The Labute approximate surface area is 144 Å². The molecule has 0 aliphatic carbocycles. The lowest BCUT2D eigenvalue weighted by atomic mass is 10.2. The zero-order valence-electron chi connectivity index (χ0n) is 13.5. The van der Waals surface area contributed by atoms with E-state index >= 15 is 0 Å². The molecule has 0 radical (unpaired) electrons. The van der Waals surface area contributed by atoms with E-state index in [1.807, 2.05) is 19.1 Å². The van der Waals surface area contributed by atoms with Gasteiger partial charge in [-0.2, -0.15) is 4.98 Å². The van der Waals surface area contributed by atoms with Gasteiger partial charge in [0.2, 0.25) is 5.91 Å². The van der Waals surface area contributed by atoms with Gasteiger partial charge in [0.15, 0.2) is 5.82 Å². The fraction of sp³-hybridized carbons (Fsp3) is 0.500. The average molecular weight is 348 g/mol. The first-order valence-electron chi connectivity index (χ1n) is 8.04. The molecule has 7 nitrogen and oxygen atoms in total. The van der Waals surface area contributed by atoms with Gasteiger partial charge >= 0.3 is 0 Å². The number of amides is 1. The summed E-state index contributed by atoms with van der Waals surface area (Å²) in [5.41, 5.74) is 0.773. The molecular weight excluding hydrogens is 328 g/mol. The molecule has 1 N–H and O–H groups in total. The molecule has 1 aliphatic heterocycles. The summed E-state index contributed by atoms with van der Waals surface area (Å²) in [4.78, 5) is 20.4. The molecule has 1 amide bonds. The van der Waals surface area contributed by atoms with Crippen LogP contribution in [0.5, 0.6) is 0 Å². The van der Waals surface area contributed by atoms with Crippen LogP contribution in [0.2, 0.25) is 0 Å². The molecular formula is C16H20N4O3S. The second-order valence-electron chi connectivity index (χ2n) is 5.48. The van der Waals surface area contributed by atoms with Gasteiger partial charge in [-0.25, -0.2) is 4.98 Å². The normalized spacial score (nSPS) is 17.1. The van der Waals surface area contributed by atoms with Crippen LogP contribution >= 0.6 is 11.8 Å². The van der Waals surface area contributed by atoms with Crippen molar-refractivity contribution in [2.24, 2.45) is 0 Å². The summed E-state index contributed by atoms with van der Waals surface area (Å²) in [7, 11) is 0. The molecule has 128 valence electrons. The minimum Gasteiger partial charge on any atom is -0.376 e. The Kier molecular flexibility index (Phi) is 5.81. The van der Waals surface area contributed by atoms with Crippen molar-refractivity contribution in [1.82, 2.24) is 20.4 Å². The van der Waals surface area contributed by atoms with Crippen LogP contribution in [0.3, 0.4) is 0 Å². The van der Waals surface area contributed by atoms with E-state index in [4.69, 9.17) is 9.26 Å². The van der Waals surface area contributed by atoms with E-state index in [0.717, 1.165) is 36.5 Å². The Morgan fingerprint density at radius 3 is 3.04 bits per heavy atom. The van der Waals surface area contributed by atoms with Gasteiger partial charge in [-0.15, -0.1) is 0 Å². The van der Waals surface area contributed by atoms with Gasteiger partial charge in [-0.05, 0) is 25.0 Å². The summed E-state index contributed by atoms with van der Waals surface area (Å²) in [5.74, 6) is 1.46. The van der Waals surface area contributed by atoms with E-state index in [1.54, 1.807) is 6.20 Å². The molecule has 0 aromatic carbocycles. The second kappa shape index (κ2) is 8.25. The highest BCUT2D eigenvalue weighted by atomic mass is 32.2. The number of pyridine rings is 1. The maximum absolute atomic E-state index is 11.8. The van der Waals surface area contributed by atoms with Crippen LogP contribution in [0.1, 0.15) is 25.6 Å². The van der Waals surface area contributed by atoms with E-state index in [-0.39, 0.29) is 12.0 Å². The SMILES string of the molecule is CCc1noc(-c2ccc(SCC(=O)NC[C@@H]3CCCO3)nc2)n1. The van der Waals surface area contributed by atoms with Gasteiger partial charge in [0.1, 0.15) is 0 Å². The summed E-state index contributed by atoms with van der Waals surface area (Å²) in [6.07, 6.45) is 4.67. The van der Waals surface area contributed by atoms with Crippen LogP contribution in [0.15, 0.2) is 27.9 Å². The van der Waals surface area contributed by atoms with Crippen molar-refractivity contribution in [3.63, 3.8) is 0 Å². The highest BCUT2D eigenvalue weighted by molar-refractivity contribution is 7.99. The molecule has 1 fully saturated rings. The summed E-state index contributed by atoms with van der Waals surface area (Å²) in [6.45, 7) is 3.35. The molecule has 1 aliphatic rings. The van der Waals surface area contributed by atoms with E-state index in [1.165, 1.54) is 11.8 Å². The van der Waals surface area contributed by atoms with Gasteiger partial charge in [0, 0.05) is 25.8 Å². The number of carbonyl (C=O) groups is 1. The van der Waals surface area contributed by atoms with Crippen LogP contribution in [0.4, 0.5) is 0 Å². The van der Waals surface area contributed by atoms with Crippen molar-refractivity contribution in [2.45, 2.75) is 37.3 Å². The number of hydrogen-bond acceptors (Lipinski definition) is 7. The van der Waals surface area contributed by atoms with Gasteiger partial charge in [0.25, 0.3) is 5.89 Å². The van der Waals surface area contributed by atoms with Gasteiger partial charge < -0.3 is 14.6 Å². The van der Waals surface area contributed by atoms with Crippen molar-refractivity contribution in [2.75, 3.05) is 18.9 Å².